The summed E-state index contributed by atoms with van der Waals surface area (Å²) in [6.45, 7) is 5.00. The minimum absolute atomic E-state index is 0.0482. The Morgan fingerprint density at radius 2 is 2.18 bits per heavy atom. The summed E-state index contributed by atoms with van der Waals surface area (Å²) in [5.74, 6) is 1.04. The van der Waals surface area contributed by atoms with Crippen molar-refractivity contribution in [3.63, 3.8) is 0 Å². The molecule has 3 heterocycles. The molecule has 1 fully saturated rings. The number of hydrogen-bond donors (Lipinski definition) is 0. The molecule has 1 unspecified atom stereocenters. The standard InChI is InChI=1S/C15H22N6O/c1-4-21-10-12(9-17-21)15(22)20-8-7-18(2)13(11-20)14-16-5-6-19(14)3/h5-6,9-10,13H,4,7-8,11H2,1-3H3. The van der Waals surface area contributed by atoms with Crippen molar-refractivity contribution in [2.24, 2.45) is 7.05 Å². The summed E-state index contributed by atoms with van der Waals surface area (Å²) in [5.41, 5.74) is 0.657. The fraction of sp³-hybridized carbons (Fsp3) is 0.533. The van der Waals surface area contributed by atoms with E-state index in [0.717, 1.165) is 25.5 Å². The Morgan fingerprint density at radius 1 is 1.36 bits per heavy atom. The first-order valence-corrected chi connectivity index (χ1v) is 7.59. The largest absolute Gasteiger partial charge is 0.337 e. The molecule has 0 radical (unpaired) electrons. The number of carbonyl (C=O) groups is 1. The summed E-state index contributed by atoms with van der Waals surface area (Å²) >= 11 is 0. The van der Waals surface area contributed by atoms with Gasteiger partial charge in [-0.2, -0.15) is 5.10 Å². The molecule has 1 saturated heterocycles. The number of likely N-dealkylation sites (N-methyl/N-ethyl adjacent to an activating group) is 1. The van der Waals surface area contributed by atoms with Crippen molar-refractivity contribution >= 4 is 5.91 Å². The van der Waals surface area contributed by atoms with Gasteiger partial charge in [0.1, 0.15) is 5.82 Å². The molecule has 0 spiro atoms. The predicted octanol–water partition coefficient (Wildman–Crippen LogP) is 0.765. The highest BCUT2D eigenvalue weighted by Crippen LogP contribution is 2.23. The molecule has 0 bridgehead atoms. The van der Waals surface area contributed by atoms with Gasteiger partial charge in [-0.25, -0.2) is 4.98 Å². The van der Waals surface area contributed by atoms with Crippen LogP contribution in [0.1, 0.15) is 29.1 Å². The molecule has 0 saturated carbocycles. The smallest absolute Gasteiger partial charge is 0.257 e. The van der Waals surface area contributed by atoms with E-state index >= 15 is 0 Å². The van der Waals surface area contributed by atoms with Crippen LogP contribution in [-0.2, 0) is 13.6 Å². The second kappa shape index (κ2) is 5.92. The van der Waals surface area contributed by atoms with Crippen LogP contribution in [0.4, 0.5) is 0 Å². The Hall–Kier alpha value is -2.15. The van der Waals surface area contributed by atoms with Gasteiger partial charge < -0.3 is 9.47 Å². The molecule has 2 aromatic heterocycles. The first kappa shape index (κ1) is 14.8. The zero-order valence-corrected chi connectivity index (χ0v) is 13.3. The number of aryl methyl sites for hydroxylation is 2. The van der Waals surface area contributed by atoms with Gasteiger partial charge in [-0.05, 0) is 14.0 Å². The molecule has 0 aromatic carbocycles. The number of nitrogens with zero attached hydrogens (tertiary/aromatic N) is 6. The van der Waals surface area contributed by atoms with E-state index in [9.17, 15) is 4.79 Å². The average molecular weight is 302 g/mol. The van der Waals surface area contributed by atoms with E-state index < -0.39 is 0 Å². The highest BCUT2D eigenvalue weighted by molar-refractivity contribution is 5.93. The molecular formula is C15H22N6O. The molecule has 22 heavy (non-hydrogen) atoms. The summed E-state index contributed by atoms with van der Waals surface area (Å²) in [6, 6.07) is 0.124. The SMILES string of the molecule is CCn1cc(C(=O)N2CCN(C)C(c3nccn3C)C2)cn1. The Morgan fingerprint density at radius 3 is 2.82 bits per heavy atom. The molecule has 2 aromatic rings. The molecule has 1 amide bonds. The van der Waals surface area contributed by atoms with Crippen molar-refractivity contribution < 1.29 is 4.79 Å². The summed E-state index contributed by atoms with van der Waals surface area (Å²) < 4.78 is 3.80. The van der Waals surface area contributed by atoms with E-state index in [1.54, 1.807) is 17.1 Å². The van der Waals surface area contributed by atoms with Gasteiger partial charge >= 0.3 is 0 Å². The second-order valence-corrected chi connectivity index (χ2v) is 5.73. The molecule has 7 heteroatoms. The quantitative estimate of drug-likeness (QED) is 0.840. The van der Waals surface area contributed by atoms with E-state index in [1.165, 1.54) is 0 Å². The number of amides is 1. The highest BCUT2D eigenvalue weighted by atomic mass is 16.2. The van der Waals surface area contributed by atoms with E-state index in [1.807, 2.05) is 35.8 Å². The van der Waals surface area contributed by atoms with Gasteiger partial charge in [-0.3, -0.25) is 14.4 Å². The van der Waals surface area contributed by atoms with Crippen molar-refractivity contribution in [2.75, 3.05) is 26.7 Å². The lowest BCUT2D eigenvalue weighted by Crippen LogP contribution is -2.49. The predicted molar refractivity (Wildman–Crippen MR) is 82.4 cm³/mol. The fourth-order valence-electron chi connectivity index (χ4n) is 2.86. The van der Waals surface area contributed by atoms with Gasteiger partial charge in [0, 0.05) is 51.8 Å². The van der Waals surface area contributed by atoms with Crippen molar-refractivity contribution in [3.8, 4) is 0 Å². The summed E-state index contributed by atoms with van der Waals surface area (Å²) in [5, 5.41) is 4.19. The summed E-state index contributed by atoms with van der Waals surface area (Å²) in [6.07, 6.45) is 7.21. The fourth-order valence-corrected chi connectivity index (χ4v) is 2.86. The lowest BCUT2D eigenvalue weighted by Gasteiger charge is -2.38. The van der Waals surface area contributed by atoms with E-state index in [4.69, 9.17) is 0 Å². The molecule has 1 atom stereocenters. The van der Waals surface area contributed by atoms with Gasteiger partial charge in [0.15, 0.2) is 0 Å². The topological polar surface area (TPSA) is 59.2 Å². The van der Waals surface area contributed by atoms with Crippen LogP contribution < -0.4 is 0 Å². The van der Waals surface area contributed by atoms with Crippen LogP contribution in [0.3, 0.4) is 0 Å². The van der Waals surface area contributed by atoms with Crippen LogP contribution in [0.5, 0.6) is 0 Å². The van der Waals surface area contributed by atoms with Crippen molar-refractivity contribution in [1.29, 1.82) is 0 Å². The van der Waals surface area contributed by atoms with Crippen LogP contribution >= 0.6 is 0 Å². The zero-order chi connectivity index (χ0) is 15.7. The van der Waals surface area contributed by atoms with Crippen LogP contribution in [0.25, 0.3) is 0 Å². The molecule has 118 valence electrons. The maximum Gasteiger partial charge on any atom is 0.257 e. The third kappa shape index (κ3) is 2.64. The highest BCUT2D eigenvalue weighted by Gasteiger charge is 2.31. The van der Waals surface area contributed by atoms with Gasteiger partial charge in [-0.1, -0.05) is 0 Å². The number of aromatic nitrogens is 4. The normalized spacial score (nSPS) is 19.6. The minimum Gasteiger partial charge on any atom is -0.337 e. The van der Waals surface area contributed by atoms with Crippen molar-refractivity contribution in [3.05, 3.63) is 36.2 Å². The molecule has 0 aliphatic carbocycles. The molecule has 3 rings (SSSR count). The molecular weight excluding hydrogens is 280 g/mol. The van der Waals surface area contributed by atoms with Gasteiger partial charge in [0.25, 0.3) is 5.91 Å². The molecule has 1 aliphatic rings. The maximum atomic E-state index is 12.7. The van der Waals surface area contributed by atoms with Gasteiger partial charge in [0.05, 0.1) is 17.8 Å². The van der Waals surface area contributed by atoms with Crippen molar-refractivity contribution in [1.82, 2.24) is 29.1 Å². The lowest BCUT2D eigenvalue weighted by molar-refractivity contribution is 0.0528. The number of piperazine rings is 1. The van der Waals surface area contributed by atoms with Crippen LogP contribution in [0, 0.1) is 0 Å². The minimum atomic E-state index is 0.0482. The second-order valence-electron chi connectivity index (χ2n) is 5.73. The van der Waals surface area contributed by atoms with E-state index in [2.05, 4.69) is 22.0 Å². The summed E-state index contributed by atoms with van der Waals surface area (Å²) in [4.78, 5) is 21.3. The Balaban J connectivity index is 1.78. The van der Waals surface area contributed by atoms with Crippen LogP contribution in [0.2, 0.25) is 0 Å². The first-order chi connectivity index (χ1) is 10.6. The van der Waals surface area contributed by atoms with Gasteiger partial charge in [0.2, 0.25) is 0 Å². The summed E-state index contributed by atoms with van der Waals surface area (Å²) in [7, 11) is 4.07. The Labute approximate surface area is 130 Å². The number of carbonyl (C=O) groups excluding carboxylic acids is 1. The first-order valence-electron chi connectivity index (χ1n) is 7.59. The lowest BCUT2D eigenvalue weighted by atomic mass is 10.1. The Kier molecular flexibility index (Phi) is 3.98. The number of rotatable bonds is 3. The number of hydrogen-bond acceptors (Lipinski definition) is 4. The molecule has 7 nitrogen and oxygen atoms in total. The van der Waals surface area contributed by atoms with Crippen LogP contribution in [0.15, 0.2) is 24.8 Å². The van der Waals surface area contributed by atoms with E-state index in [-0.39, 0.29) is 11.9 Å². The number of imidazole rings is 1. The molecule has 0 N–H and O–H groups in total. The monoisotopic (exact) mass is 302 g/mol. The van der Waals surface area contributed by atoms with Gasteiger partial charge in [-0.15, -0.1) is 0 Å². The van der Waals surface area contributed by atoms with Crippen molar-refractivity contribution in [2.45, 2.75) is 19.5 Å². The third-order valence-corrected chi connectivity index (χ3v) is 4.30. The Bertz CT molecular complexity index is 661. The zero-order valence-electron chi connectivity index (χ0n) is 13.3. The third-order valence-electron chi connectivity index (χ3n) is 4.30. The molecule has 1 aliphatic heterocycles. The maximum absolute atomic E-state index is 12.7. The van der Waals surface area contributed by atoms with E-state index in [0.29, 0.717) is 12.1 Å². The average Bonchev–Trinajstić information content (AvgIpc) is 3.16. The van der Waals surface area contributed by atoms with Crippen LogP contribution in [-0.4, -0.2) is 61.7 Å².